The molecule has 356 valence electrons. The molecule has 0 spiro atoms. The first-order valence-electron chi connectivity index (χ1n) is 17.4. The first kappa shape index (κ1) is 51.4. The molecule has 0 aliphatic heterocycles. The van der Waals surface area contributed by atoms with Crippen molar-refractivity contribution in [1.29, 1.82) is 0 Å². The van der Waals surface area contributed by atoms with Crippen molar-refractivity contribution in [3.8, 4) is 0 Å². The van der Waals surface area contributed by atoms with E-state index >= 15 is 0 Å². The average molecular weight is 999 g/mol. The molecule has 0 atom stereocenters. The molecule has 1 heterocycles. The van der Waals surface area contributed by atoms with Crippen LogP contribution in [-0.4, -0.2) is 6.15 Å². The largest absolute Gasteiger partial charge is 0.416 e. The number of nitrogens with one attached hydrogen (secondary N) is 1. The Bertz CT molecular complexity index is 2240. The lowest BCUT2D eigenvalue weighted by atomic mass is 9.12. The first-order chi connectivity index (χ1) is 29.7. The van der Waals surface area contributed by atoms with Crippen molar-refractivity contribution in [2.75, 3.05) is 0 Å². The fourth-order valence-corrected chi connectivity index (χ4v) is 7.64. The molecule has 66 heavy (non-hydrogen) atoms. The molecule has 0 radical (unpaired) electrons. The van der Waals surface area contributed by atoms with Crippen molar-refractivity contribution in [2.24, 2.45) is 0 Å². The lowest BCUT2D eigenvalue weighted by molar-refractivity contribution is -0.338. The molecule has 6 aromatic rings. The Hall–Kier alpha value is -5.63. The molecule has 1 aromatic heterocycles. The van der Waals surface area contributed by atoms with Crippen LogP contribution < -0.4 is 26.8 Å². The van der Waals surface area contributed by atoms with E-state index in [0.29, 0.717) is 0 Å². The van der Waals surface area contributed by atoms with E-state index in [2.05, 4.69) is 17.1 Å². The Balaban J connectivity index is 0.000000798. The second-order valence-electron chi connectivity index (χ2n) is 14.1. The van der Waals surface area contributed by atoms with Crippen LogP contribution in [0.3, 0.4) is 0 Å². The van der Waals surface area contributed by atoms with Crippen LogP contribution >= 0.6 is 11.3 Å². The molecule has 0 unspecified atom stereocenters. The second-order valence-corrected chi connectivity index (χ2v) is 15.0. The third kappa shape index (κ3) is 11.1. The normalized spacial score (nSPS) is 13.8. The zero-order valence-corrected chi connectivity index (χ0v) is 32.2. The van der Waals surface area contributed by atoms with E-state index in [4.69, 9.17) is 0 Å². The van der Waals surface area contributed by atoms with Crippen LogP contribution in [0, 0.1) is 0 Å². The summed E-state index contributed by atoms with van der Waals surface area (Å²) in [6.07, 6.45) is -54.8. The van der Waals surface area contributed by atoms with Gasteiger partial charge in [0.1, 0.15) is 10.8 Å². The average Bonchev–Trinajstić information content (AvgIpc) is 3.65. The standard InChI is InChI=1S/C32H12BF24.C7H5NS/c34-25(35,36)13-1-14(26(37,38)39)6-21(5-13)33(22-7-15(27(40,41)42)2-16(8-22)28(43,44)45,23-9-17(29(46,47)48)3-18(10-23)30(49,50)51)24-11-19(31(52,53)54)4-20(12-24)32(55,56)57;1-2-4-7-6(3-1)8-5-9-7/h1-12H;1-5H/q-1;/p+1. The smallest absolute Gasteiger partial charge is 0.201 e. The molecule has 5 aromatic carbocycles. The summed E-state index contributed by atoms with van der Waals surface area (Å²) in [6, 6.07) is -0.546. The van der Waals surface area contributed by atoms with Gasteiger partial charge in [-0.1, -0.05) is 72.0 Å². The number of halogens is 24. The molecule has 0 aliphatic rings. The van der Waals surface area contributed by atoms with Crippen molar-refractivity contribution in [3.63, 3.8) is 0 Å². The fourth-order valence-electron chi connectivity index (χ4n) is 6.92. The Kier molecular flexibility index (Phi) is 13.2. The molecule has 6 rings (SSSR count). The van der Waals surface area contributed by atoms with Gasteiger partial charge in [-0.2, -0.15) is 127 Å². The highest BCUT2D eigenvalue weighted by molar-refractivity contribution is 7.20. The van der Waals surface area contributed by atoms with Gasteiger partial charge in [0.15, 0.2) is 0 Å². The number of para-hydroxylation sites is 1. The summed E-state index contributed by atoms with van der Waals surface area (Å²) in [7, 11) is 0. The molecule has 0 bridgehead atoms. The van der Waals surface area contributed by atoms with Crippen LogP contribution in [0.15, 0.2) is 103 Å². The Labute approximate surface area is 356 Å². The predicted octanol–water partition coefficient (Wildman–Crippen LogP) is 12.9. The van der Waals surface area contributed by atoms with E-state index in [1.165, 1.54) is 10.2 Å². The molecular weight excluding hydrogens is 981 g/mol. The number of hydrogen-bond donors (Lipinski definition) is 0. The Morgan fingerprint density at radius 2 is 0.515 bits per heavy atom. The van der Waals surface area contributed by atoms with Gasteiger partial charge >= 0.3 is 49.4 Å². The van der Waals surface area contributed by atoms with Gasteiger partial charge in [0.05, 0.1) is 44.5 Å². The molecule has 0 saturated carbocycles. The SMILES string of the molecule is FC(F)(F)c1cc([B-](c2cc(C(F)(F)F)cc(C(F)(F)F)c2)(c2cc(C(F)(F)F)cc(C(F)(F)F)c2)c2cc(C(F)(F)F)cc(C(F)(F)F)c2)cc(C(F)(F)F)c1.c1ccc2sc[nH+]c2c1. The molecule has 0 saturated heterocycles. The summed E-state index contributed by atoms with van der Waals surface area (Å²) in [5.74, 6) is 0. The number of hydrogen-bond acceptors (Lipinski definition) is 1. The van der Waals surface area contributed by atoms with Crippen molar-refractivity contribution in [3.05, 3.63) is 147 Å². The van der Waals surface area contributed by atoms with Crippen molar-refractivity contribution in [2.45, 2.75) is 49.4 Å². The number of aromatic nitrogens is 1. The Morgan fingerprint density at radius 1 is 0.303 bits per heavy atom. The van der Waals surface area contributed by atoms with Gasteiger partial charge < -0.3 is 0 Å². The van der Waals surface area contributed by atoms with Crippen LogP contribution in [0.1, 0.15) is 44.5 Å². The number of rotatable bonds is 4. The lowest BCUT2D eigenvalue weighted by Gasteiger charge is -2.46. The molecule has 0 fully saturated rings. The molecule has 0 aliphatic carbocycles. The predicted molar refractivity (Wildman–Crippen MR) is 188 cm³/mol. The van der Waals surface area contributed by atoms with Crippen molar-refractivity contribution in [1.82, 2.24) is 0 Å². The number of fused-ring (bicyclic) bond motifs is 1. The van der Waals surface area contributed by atoms with Gasteiger partial charge in [0, 0.05) is 6.07 Å². The van der Waals surface area contributed by atoms with E-state index in [0.717, 1.165) is 0 Å². The van der Waals surface area contributed by atoms with Gasteiger partial charge in [-0.25, -0.2) is 4.98 Å². The summed E-state index contributed by atoms with van der Waals surface area (Å²) < 4.78 is 342. The third-order valence-corrected chi connectivity index (χ3v) is 10.6. The van der Waals surface area contributed by atoms with Crippen LogP contribution in [0.5, 0.6) is 0 Å². The van der Waals surface area contributed by atoms with Crippen LogP contribution in [0.2, 0.25) is 0 Å². The van der Waals surface area contributed by atoms with Gasteiger partial charge in [-0.15, -0.1) is 0 Å². The zero-order valence-electron chi connectivity index (χ0n) is 31.4. The summed E-state index contributed by atoms with van der Waals surface area (Å²) in [5, 5.41) is 0. The fraction of sp³-hybridized carbons (Fsp3) is 0.205. The number of thiazole rings is 1. The van der Waals surface area contributed by atoms with Gasteiger partial charge in [0.25, 0.3) is 0 Å². The summed E-state index contributed by atoms with van der Waals surface area (Å²) in [4.78, 5) is 3.14. The summed E-state index contributed by atoms with van der Waals surface area (Å²) in [6.45, 7) is 0. The van der Waals surface area contributed by atoms with Gasteiger partial charge in [-0.3, -0.25) is 0 Å². The van der Waals surface area contributed by atoms with E-state index < -0.39 is 195 Å². The van der Waals surface area contributed by atoms with E-state index in [9.17, 15) is 105 Å². The van der Waals surface area contributed by atoms with Crippen LogP contribution in [0.4, 0.5) is 105 Å². The molecule has 27 heteroatoms. The van der Waals surface area contributed by atoms with Crippen LogP contribution in [0.25, 0.3) is 10.2 Å². The molecular formula is C39H18BF24NS. The maximum Gasteiger partial charge on any atom is 0.416 e. The number of aromatic amines is 1. The minimum Gasteiger partial charge on any atom is -0.201 e. The van der Waals surface area contributed by atoms with Gasteiger partial charge in [-0.05, 0) is 30.3 Å². The number of alkyl halides is 24. The molecule has 1 nitrogen and oxygen atoms in total. The van der Waals surface area contributed by atoms with E-state index in [-0.39, 0.29) is 0 Å². The van der Waals surface area contributed by atoms with E-state index in [1.807, 2.05) is 17.6 Å². The highest BCUT2D eigenvalue weighted by Gasteiger charge is 2.47. The molecule has 1 N–H and O–H groups in total. The minimum absolute atomic E-state index is 0.691. The lowest BCUT2D eigenvalue weighted by Crippen LogP contribution is -2.75. The number of benzene rings is 5. The number of H-pyrrole nitrogens is 1. The monoisotopic (exact) mass is 999 g/mol. The minimum atomic E-state index is -6.13. The quantitative estimate of drug-likeness (QED) is 0.123. The highest BCUT2D eigenvalue weighted by atomic mass is 32.1. The second kappa shape index (κ2) is 16.9. The maximum absolute atomic E-state index is 14.2. The third-order valence-electron chi connectivity index (χ3n) is 9.73. The van der Waals surface area contributed by atoms with E-state index in [1.54, 1.807) is 11.3 Å². The zero-order chi connectivity index (χ0) is 50.0. The highest BCUT2D eigenvalue weighted by Crippen LogP contribution is 2.41. The van der Waals surface area contributed by atoms with Crippen LogP contribution in [-0.2, 0) is 49.4 Å². The van der Waals surface area contributed by atoms with Crippen molar-refractivity contribution < 1.29 is 110 Å². The van der Waals surface area contributed by atoms with Crippen molar-refractivity contribution >= 4 is 49.6 Å². The maximum atomic E-state index is 14.2. The first-order valence-corrected chi connectivity index (χ1v) is 18.3. The summed E-state index contributed by atoms with van der Waals surface area (Å²) in [5.41, 5.74) is -27.0. The topological polar surface area (TPSA) is 14.1 Å². The van der Waals surface area contributed by atoms with Gasteiger partial charge in [0.2, 0.25) is 11.0 Å². The molecule has 0 amide bonds. The summed E-state index contributed by atoms with van der Waals surface area (Å²) >= 11 is 1.73. The Morgan fingerprint density at radius 3 is 0.712 bits per heavy atom.